The van der Waals surface area contributed by atoms with Gasteiger partial charge in [-0.05, 0) is 105 Å². The Hall–Kier alpha value is -5.16. The van der Waals surface area contributed by atoms with Crippen LogP contribution in [-0.2, 0) is 19.1 Å². The van der Waals surface area contributed by atoms with Crippen LogP contribution in [0.15, 0.2) is 24.5 Å². The van der Waals surface area contributed by atoms with Crippen LogP contribution in [0.2, 0.25) is 0 Å². The predicted octanol–water partition coefficient (Wildman–Crippen LogP) is 6.40. The molecule has 17 heteroatoms. The molecule has 4 atom stereocenters. The van der Waals surface area contributed by atoms with Crippen LogP contribution < -0.4 is 15.5 Å². The number of ether oxygens (including phenoxy) is 2. The van der Waals surface area contributed by atoms with E-state index in [9.17, 15) is 19.2 Å². The van der Waals surface area contributed by atoms with Gasteiger partial charge in [0.25, 0.3) is 0 Å². The number of amides is 6. The molecule has 4 N–H and O–H groups in total. The van der Waals surface area contributed by atoms with Gasteiger partial charge < -0.3 is 54.6 Å². The molecule has 6 amide bonds. The monoisotopic (exact) mass is 936 g/mol. The van der Waals surface area contributed by atoms with Crippen molar-refractivity contribution in [1.82, 2.24) is 50.2 Å². The van der Waals surface area contributed by atoms with Gasteiger partial charge in [0, 0.05) is 81.4 Å². The number of likely N-dealkylation sites (tertiary alicyclic amines) is 2. The van der Waals surface area contributed by atoms with E-state index in [-0.39, 0.29) is 47.8 Å². The summed E-state index contributed by atoms with van der Waals surface area (Å²) in [5.41, 5.74) is 7.80. The minimum Gasteiger partial charge on any atom is -0.378 e. The van der Waals surface area contributed by atoms with Crippen molar-refractivity contribution in [3.8, 4) is 11.3 Å². The van der Waals surface area contributed by atoms with Gasteiger partial charge in [0.2, 0.25) is 11.8 Å². The highest BCUT2D eigenvalue weighted by molar-refractivity contribution is 5.89. The van der Waals surface area contributed by atoms with Crippen LogP contribution in [-0.4, -0.2) is 154 Å². The first-order valence-electron chi connectivity index (χ1n) is 25.9. The number of anilines is 1. The number of imidazole rings is 2. The van der Waals surface area contributed by atoms with E-state index in [1.807, 2.05) is 49.9 Å². The molecule has 6 fully saturated rings. The van der Waals surface area contributed by atoms with E-state index in [2.05, 4.69) is 37.6 Å². The van der Waals surface area contributed by atoms with E-state index >= 15 is 0 Å². The summed E-state index contributed by atoms with van der Waals surface area (Å²) in [6.45, 7) is 15.3. The van der Waals surface area contributed by atoms with E-state index in [0.717, 1.165) is 74.7 Å². The number of urea groups is 2. The van der Waals surface area contributed by atoms with E-state index < -0.39 is 12.1 Å². The van der Waals surface area contributed by atoms with Crippen LogP contribution in [0.3, 0.4) is 0 Å². The molecule has 5 saturated heterocycles. The third-order valence-corrected chi connectivity index (χ3v) is 16.3. The fraction of sp³-hybridized carbons (Fsp3) is 0.686. The lowest BCUT2D eigenvalue weighted by molar-refractivity contribution is -0.136. The minimum atomic E-state index is -0.621. The molecule has 11 rings (SSSR count). The van der Waals surface area contributed by atoms with Crippen molar-refractivity contribution in [1.29, 1.82) is 0 Å². The highest BCUT2D eigenvalue weighted by atomic mass is 16.5. The number of hydrogen-bond acceptors (Lipinski definition) is 9. The number of fused-ring (bicyclic) bond motifs is 2. The summed E-state index contributed by atoms with van der Waals surface area (Å²) in [6.07, 6.45) is 14.3. The Labute approximate surface area is 400 Å². The SMILES string of the molecule is CC(C)[C@H](NC(=O)N1CCOCC1)C(=O)N1CCC[C@H]1c1ncc(-c2ccc(N3CCC(c4cnc([C@@H]5CCCN5C(=O)[C@@H](NC(=O)N5CCOCC5)C(C)C)[nH]4)CC3)c3c2C2CCC3CC2)[nH]1. The molecule has 0 radical (unpaired) electrons. The summed E-state index contributed by atoms with van der Waals surface area (Å²) in [5.74, 6) is 2.86. The molecule has 0 spiro atoms. The minimum absolute atomic E-state index is 0.0400. The molecular weight excluding hydrogens is 863 g/mol. The van der Waals surface area contributed by atoms with Crippen molar-refractivity contribution in [2.75, 3.05) is 83.7 Å². The van der Waals surface area contributed by atoms with E-state index in [0.29, 0.717) is 83.4 Å². The normalized spacial score (nSPS) is 25.3. The van der Waals surface area contributed by atoms with Gasteiger partial charge in [-0.1, -0.05) is 33.8 Å². The van der Waals surface area contributed by atoms with Gasteiger partial charge in [0.15, 0.2) is 0 Å². The van der Waals surface area contributed by atoms with Crippen LogP contribution in [0.25, 0.3) is 11.3 Å². The zero-order valence-electron chi connectivity index (χ0n) is 40.6. The zero-order valence-corrected chi connectivity index (χ0v) is 40.6. The quantitative estimate of drug-likeness (QED) is 0.169. The van der Waals surface area contributed by atoms with Crippen LogP contribution in [0, 0.1) is 11.8 Å². The Morgan fingerprint density at radius 3 is 1.62 bits per heavy atom. The molecule has 5 aliphatic heterocycles. The summed E-state index contributed by atoms with van der Waals surface area (Å²) in [4.78, 5) is 81.9. The fourth-order valence-corrected chi connectivity index (χ4v) is 12.5. The number of hydrogen-bond donors (Lipinski definition) is 4. The molecule has 2 bridgehead atoms. The van der Waals surface area contributed by atoms with Gasteiger partial charge in [-0.25, -0.2) is 19.6 Å². The number of carbonyl (C=O) groups excluding carboxylic acids is 4. The van der Waals surface area contributed by atoms with Crippen LogP contribution in [0.5, 0.6) is 0 Å². The topological polar surface area (TPSA) is 184 Å². The summed E-state index contributed by atoms with van der Waals surface area (Å²) in [5, 5.41) is 6.13. The maximum Gasteiger partial charge on any atom is 0.318 e. The van der Waals surface area contributed by atoms with Gasteiger partial charge in [0.05, 0.1) is 50.4 Å². The van der Waals surface area contributed by atoms with Crippen LogP contribution in [0.1, 0.15) is 150 Å². The number of morpholine rings is 2. The van der Waals surface area contributed by atoms with Crippen LogP contribution in [0.4, 0.5) is 15.3 Å². The molecule has 0 unspecified atom stereocenters. The smallest absolute Gasteiger partial charge is 0.318 e. The van der Waals surface area contributed by atoms with Crippen molar-refractivity contribution in [3.63, 3.8) is 0 Å². The zero-order chi connectivity index (χ0) is 47.1. The number of aromatic nitrogens is 4. The lowest BCUT2D eigenvalue weighted by Gasteiger charge is -2.44. The Balaban J connectivity index is 0.808. The number of nitrogens with zero attached hydrogens (tertiary/aromatic N) is 7. The van der Waals surface area contributed by atoms with Crippen LogP contribution >= 0.6 is 0 Å². The molecule has 7 heterocycles. The Morgan fingerprint density at radius 1 is 0.588 bits per heavy atom. The summed E-state index contributed by atoms with van der Waals surface area (Å²) >= 11 is 0. The number of carbonyl (C=O) groups is 4. The molecule has 1 aromatic carbocycles. The summed E-state index contributed by atoms with van der Waals surface area (Å²) in [7, 11) is 0. The standard InChI is InChI=1S/C51H73N11O6/c1-31(2)44(56-50(65)59-21-25-67-26-22-59)48(63)61-17-5-7-40(61)46-52-29-37(54-46)33-15-19-58(20-16-33)39-14-13-36(42-34-9-11-35(12-10-34)43(39)42)38-30-53-47(55-38)41-8-6-18-62(41)49(64)45(32(3)4)57-51(66)60-23-27-68-28-24-60/h13-14,29-35,40-41,44-45H,5-12,15-28H2,1-4H3,(H,52,54)(H,53,55)(H,56,65)(H,57,66)/t34?,35?,40-,41-,44-,45-/m0/s1. The Morgan fingerprint density at radius 2 is 1.09 bits per heavy atom. The number of rotatable bonds is 11. The van der Waals surface area contributed by atoms with Crippen molar-refractivity contribution in [2.24, 2.45) is 11.8 Å². The summed E-state index contributed by atoms with van der Waals surface area (Å²) in [6, 6.07) is 2.73. The number of piperidine rings is 1. The first-order valence-corrected chi connectivity index (χ1v) is 25.9. The first-order chi connectivity index (χ1) is 33.0. The number of aromatic amines is 2. The molecule has 368 valence electrons. The summed E-state index contributed by atoms with van der Waals surface area (Å²) < 4.78 is 10.9. The predicted molar refractivity (Wildman–Crippen MR) is 257 cm³/mol. The highest BCUT2D eigenvalue weighted by Gasteiger charge is 2.42. The second-order valence-electron chi connectivity index (χ2n) is 21.1. The molecule has 17 nitrogen and oxygen atoms in total. The molecule has 3 aliphatic carbocycles. The van der Waals surface area contributed by atoms with Crippen molar-refractivity contribution in [2.45, 2.75) is 134 Å². The van der Waals surface area contributed by atoms with Gasteiger partial charge >= 0.3 is 12.1 Å². The molecule has 68 heavy (non-hydrogen) atoms. The van der Waals surface area contributed by atoms with Gasteiger partial charge in [0.1, 0.15) is 23.7 Å². The maximum atomic E-state index is 14.2. The van der Waals surface area contributed by atoms with E-state index in [4.69, 9.17) is 19.4 Å². The highest BCUT2D eigenvalue weighted by Crippen LogP contribution is 2.55. The van der Waals surface area contributed by atoms with E-state index in [1.54, 1.807) is 9.80 Å². The average molecular weight is 936 g/mol. The molecular formula is C51H73N11O6. The van der Waals surface area contributed by atoms with Crippen molar-refractivity contribution >= 4 is 29.6 Å². The third kappa shape index (κ3) is 9.21. The lowest BCUT2D eigenvalue weighted by Crippen LogP contribution is -2.55. The number of H-pyrrole nitrogens is 2. The number of nitrogens with one attached hydrogen (secondary N) is 4. The fourth-order valence-electron chi connectivity index (χ4n) is 12.5. The third-order valence-electron chi connectivity index (χ3n) is 16.3. The molecule has 1 saturated carbocycles. The molecule has 2 aromatic heterocycles. The van der Waals surface area contributed by atoms with E-state index in [1.165, 1.54) is 48.1 Å². The molecule has 3 aromatic rings. The maximum absolute atomic E-state index is 14.2. The first kappa shape index (κ1) is 46.6. The van der Waals surface area contributed by atoms with Gasteiger partial charge in [-0.2, -0.15) is 0 Å². The second kappa shape index (κ2) is 20.1. The largest absolute Gasteiger partial charge is 0.378 e. The second-order valence-corrected chi connectivity index (χ2v) is 21.1. The lowest BCUT2D eigenvalue weighted by atomic mass is 9.65. The van der Waals surface area contributed by atoms with Gasteiger partial charge in [-0.15, -0.1) is 0 Å². The number of benzene rings is 1. The molecule has 8 aliphatic rings. The Bertz CT molecular complexity index is 2280. The van der Waals surface area contributed by atoms with Crippen molar-refractivity contribution < 1.29 is 28.7 Å². The average Bonchev–Trinajstić information content (AvgIpc) is 4.23. The van der Waals surface area contributed by atoms with Gasteiger partial charge in [-0.3, -0.25) is 9.59 Å². The van der Waals surface area contributed by atoms with Crippen molar-refractivity contribution in [3.05, 3.63) is 53.0 Å². The Kier molecular flexibility index (Phi) is 13.7.